The van der Waals surface area contributed by atoms with Gasteiger partial charge in [0.15, 0.2) is 0 Å². The minimum Gasteiger partial charge on any atom is -0.466 e. The van der Waals surface area contributed by atoms with E-state index in [1.807, 2.05) is 6.92 Å². The Morgan fingerprint density at radius 1 is 1.40 bits per heavy atom. The summed E-state index contributed by atoms with van der Waals surface area (Å²) in [6.07, 6.45) is 0.851. The molecule has 0 aliphatic heterocycles. The average Bonchev–Trinajstić information content (AvgIpc) is 2.50. The number of halogens is 3. The molecule has 2 atom stereocenters. The van der Waals surface area contributed by atoms with Gasteiger partial charge in [0.05, 0.1) is 12.5 Å². The Morgan fingerprint density at radius 3 is 2.33 bits per heavy atom. The quantitative estimate of drug-likeness (QED) is 0.522. The molecule has 5 heteroatoms. The molecule has 0 bridgehead atoms. The zero-order chi connectivity index (χ0) is 11.9. The first-order valence-electron chi connectivity index (χ1n) is 4.93. The smallest absolute Gasteiger partial charge is 0.309 e. The van der Waals surface area contributed by atoms with Gasteiger partial charge in [-0.3, -0.25) is 4.79 Å². The summed E-state index contributed by atoms with van der Waals surface area (Å²) in [5, 5.41) is 0. The van der Waals surface area contributed by atoms with E-state index in [0.717, 1.165) is 6.42 Å². The van der Waals surface area contributed by atoms with Crippen LogP contribution in [0.15, 0.2) is 0 Å². The number of rotatable bonds is 3. The summed E-state index contributed by atoms with van der Waals surface area (Å²) in [7, 11) is 0. The van der Waals surface area contributed by atoms with Gasteiger partial charge in [0.2, 0.25) is 0 Å². The van der Waals surface area contributed by atoms with Gasteiger partial charge in [0, 0.05) is 0 Å². The Balaban J connectivity index is 2.59. The number of carbonyl (C=O) groups is 1. The van der Waals surface area contributed by atoms with Crippen molar-refractivity contribution in [3.05, 3.63) is 0 Å². The molecule has 0 saturated heterocycles. The first-order valence-corrected chi connectivity index (χ1v) is 7.31. The van der Waals surface area contributed by atoms with Crippen LogP contribution in [-0.2, 0) is 9.53 Å². The molecule has 1 saturated carbocycles. The molecular formula is C10H15Br3O2. The van der Waals surface area contributed by atoms with Gasteiger partial charge in [-0.15, -0.1) is 0 Å². The van der Waals surface area contributed by atoms with E-state index in [-0.39, 0.29) is 19.4 Å². The van der Waals surface area contributed by atoms with Crippen LogP contribution in [0.4, 0.5) is 0 Å². The summed E-state index contributed by atoms with van der Waals surface area (Å²) in [6, 6.07) is 0. The number of alkyl halides is 3. The van der Waals surface area contributed by atoms with E-state index in [1.165, 1.54) is 0 Å². The van der Waals surface area contributed by atoms with Crippen molar-refractivity contribution < 1.29 is 9.53 Å². The SMILES string of the molecule is CCOC(=O)C1C(CC(Br)(Br)Br)C1(C)C. The number of esters is 1. The predicted octanol–water partition coefficient (Wildman–Crippen LogP) is 4.05. The summed E-state index contributed by atoms with van der Waals surface area (Å²) in [5.74, 6) is 0.323. The summed E-state index contributed by atoms with van der Waals surface area (Å²) in [5.41, 5.74) is 0.0484. The Bertz CT molecular complexity index is 258. The van der Waals surface area contributed by atoms with Crippen LogP contribution in [-0.4, -0.2) is 14.7 Å². The highest BCUT2D eigenvalue weighted by Crippen LogP contribution is 2.63. The Morgan fingerprint density at radius 2 is 1.93 bits per heavy atom. The fraction of sp³-hybridized carbons (Fsp3) is 0.900. The zero-order valence-corrected chi connectivity index (χ0v) is 13.8. The lowest BCUT2D eigenvalue weighted by atomic mass is 10.1. The second-order valence-electron chi connectivity index (χ2n) is 4.48. The topological polar surface area (TPSA) is 26.3 Å². The van der Waals surface area contributed by atoms with E-state index in [9.17, 15) is 4.79 Å². The van der Waals surface area contributed by atoms with Gasteiger partial charge in [0.1, 0.15) is 2.14 Å². The van der Waals surface area contributed by atoms with Crippen molar-refractivity contribution in [2.45, 2.75) is 29.3 Å². The monoisotopic (exact) mass is 404 g/mol. The van der Waals surface area contributed by atoms with Crippen molar-refractivity contribution in [3.63, 3.8) is 0 Å². The Kier molecular flexibility index (Phi) is 4.33. The van der Waals surface area contributed by atoms with E-state index in [0.29, 0.717) is 12.5 Å². The van der Waals surface area contributed by atoms with Gasteiger partial charge in [-0.2, -0.15) is 0 Å². The van der Waals surface area contributed by atoms with E-state index < -0.39 is 0 Å². The number of hydrogen-bond donors (Lipinski definition) is 0. The molecule has 0 N–H and O–H groups in total. The molecule has 0 spiro atoms. The van der Waals surface area contributed by atoms with Crippen molar-refractivity contribution in [3.8, 4) is 0 Å². The minimum atomic E-state index is -0.268. The highest BCUT2D eigenvalue weighted by Gasteiger charge is 2.63. The second-order valence-corrected chi connectivity index (χ2v) is 11.7. The molecular weight excluding hydrogens is 392 g/mol. The summed E-state index contributed by atoms with van der Waals surface area (Å²) < 4.78 is 4.79. The van der Waals surface area contributed by atoms with Gasteiger partial charge >= 0.3 is 5.97 Å². The lowest BCUT2D eigenvalue weighted by Crippen LogP contribution is -2.10. The molecule has 0 aromatic rings. The van der Waals surface area contributed by atoms with Gasteiger partial charge in [0.25, 0.3) is 0 Å². The highest BCUT2D eigenvalue weighted by atomic mass is 80.0. The normalized spacial score (nSPS) is 28.7. The third-order valence-electron chi connectivity index (χ3n) is 3.04. The van der Waals surface area contributed by atoms with Crippen LogP contribution < -0.4 is 0 Å². The van der Waals surface area contributed by atoms with Gasteiger partial charge in [-0.05, 0) is 24.7 Å². The summed E-state index contributed by atoms with van der Waals surface area (Å²) in [6.45, 7) is 6.52. The Hall–Kier alpha value is 0.910. The predicted molar refractivity (Wildman–Crippen MR) is 71.5 cm³/mol. The lowest BCUT2D eigenvalue weighted by Gasteiger charge is -2.12. The van der Waals surface area contributed by atoms with Crippen LogP contribution in [0.25, 0.3) is 0 Å². The fourth-order valence-electron chi connectivity index (χ4n) is 2.07. The van der Waals surface area contributed by atoms with Crippen molar-refractivity contribution in [1.82, 2.24) is 0 Å². The summed E-state index contributed by atoms with van der Waals surface area (Å²) in [4.78, 5) is 11.6. The van der Waals surface area contributed by atoms with Crippen LogP contribution in [0, 0.1) is 17.3 Å². The second kappa shape index (κ2) is 4.65. The highest BCUT2D eigenvalue weighted by molar-refractivity contribution is 9.39. The van der Waals surface area contributed by atoms with E-state index in [2.05, 4.69) is 61.6 Å². The maximum absolute atomic E-state index is 11.6. The maximum atomic E-state index is 11.6. The van der Waals surface area contributed by atoms with Crippen LogP contribution in [0.1, 0.15) is 27.2 Å². The molecule has 1 fully saturated rings. The lowest BCUT2D eigenvalue weighted by molar-refractivity contribution is -0.145. The van der Waals surface area contributed by atoms with E-state index >= 15 is 0 Å². The first kappa shape index (κ1) is 14.0. The molecule has 15 heavy (non-hydrogen) atoms. The molecule has 0 heterocycles. The standard InChI is InChI=1S/C10H15Br3O2/c1-4-15-8(14)7-6(9(7,2)3)5-10(11,12)13/h6-7H,4-5H2,1-3H3. The van der Waals surface area contributed by atoms with Crippen molar-refractivity contribution in [2.75, 3.05) is 6.61 Å². The Labute approximate surface area is 116 Å². The van der Waals surface area contributed by atoms with E-state index in [4.69, 9.17) is 4.74 Å². The van der Waals surface area contributed by atoms with Crippen LogP contribution in [0.3, 0.4) is 0 Å². The molecule has 88 valence electrons. The van der Waals surface area contributed by atoms with Gasteiger partial charge < -0.3 is 4.74 Å². The molecule has 1 aliphatic rings. The largest absolute Gasteiger partial charge is 0.466 e. The number of hydrogen-bond acceptors (Lipinski definition) is 2. The van der Waals surface area contributed by atoms with Crippen molar-refractivity contribution >= 4 is 53.8 Å². The van der Waals surface area contributed by atoms with Crippen LogP contribution in [0.2, 0.25) is 0 Å². The molecule has 0 aromatic carbocycles. The zero-order valence-electron chi connectivity index (χ0n) is 9.02. The number of ether oxygens (including phenoxy) is 1. The minimum absolute atomic E-state index is 0.0319. The third kappa shape index (κ3) is 3.43. The molecule has 0 radical (unpaired) electrons. The molecule has 0 aromatic heterocycles. The average molecular weight is 407 g/mol. The molecule has 1 aliphatic carbocycles. The van der Waals surface area contributed by atoms with Crippen LogP contribution in [0.5, 0.6) is 0 Å². The number of carbonyl (C=O) groups excluding carboxylic acids is 1. The van der Waals surface area contributed by atoms with Crippen LogP contribution >= 0.6 is 47.8 Å². The summed E-state index contributed by atoms with van der Waals surface area (Å²) >= 11 is 10.4. The first-order chi connectivity index (χ1) is 6.70. The molecule has 2 nitrogen and oxygen atoms in total. The molecule has 0 amide bonds. The van der Waals surface area contributed by atoms with E-state index in [1.54, 1.807) is 0 Å². The van der Waals surface area contributed by atoms with Crippen molar-refractivity contribution in [1.29, 1.82) is 0 Å². The van der Waals surface area contributed by atoms with Gasteiger partial charge in [-0.1, -0.05) is 61.6 Å². The molecule has 2 unspecified atom stereocenters. The van der Waals surface area contributed by atoms with Gasteiger partial charge in [-0.25, -0.2) is 0 Å². The van der Waals surface area contributed by atoms with Crippen molar-refractivity contribution in [2.24, 2.45) is 17.3 Å². The maximum Gasteiger partial charge on any atom is 0.309 e. The fourth-order valence-corrected chi connectivity index (χ4v) is 3.12. The molecule has 1 rings (SSSR count). The third-order valence-corrected chi connectivity index (χ3v) is 4.01.